The van der Waals surface area contributed by atoms with Crippen molar-refractivity contribution in [2.24, 2.45) is 0 Å². The Labute approximate surface area is 133 Å². The van der Waals surface area contributed by atoms with Crippen LogP contribution in [0, 0.1) is 0 Å². The number of carbonyl (C=O) groups is 2. The number of amides is 2. The number of aromatic nitrogens is 1. The molecule has 0 spiro atoms. The van der Waals surface area contributed by atoms with E-state index in [1.54, 1.807) is 0 Å². The molecule has 0 saturated heterocycles. The number of aromatic amines is 1. The Bertz CT molecular complexity index is 740. The summed E-state index contributed by atoms with van der Waals surface area (Å²) < 4.78 is 0. The fraction of sp³-hybridized carbons (Fsp3) is 0.375. The molecule has 122 valence electrons. The van der Waals surface area contributed by atoms with E-state index < -0.39 is 5.91 Å². The minimum atomic E-state index is -0.636. The van der Waals surface area contributed by atoms with Crippen LogP contribution in [0.3, 0.4) is 0 Å². The van der Waals surface area contributed by atoms with E-state index >= 15 is 0 Å². The Morgan fingerprint density at radius 3 is 2.91 bits per heavy atom. The summed E-state index contributed by atoms with van der Waals surface area (Å²) in [5.41, 5.74) is 5.08. The molecule has 1 unspecified atom stereocenters. The second-order valence-corrected chi connectivity index (χ2v) is 5.77. The van der Waals surface area contributed by atoms with Crippen molar-refractivity contribution in [1.29, 1.82) is 0 Å². The van der Waals surface area contributed by atoms with Gasteiger partial charge in [0.05, 0.1) is 13.1 Å². The van der Waals surface area contributed by atoms with E-state index in [4.69, 9.17) is 5.21 Å². The predicted molar refractivity (Wildman–Crippen MR) is 84.9 cm³/mol. The molecule has 0 bridgehead atoms. The van der Waals surface area contributed by atoms with E-state index in [1.807, 2.05) is 12.1 Å². The van der Waals surface area contributed by atoms with Gasteiger partial charge in [0.2, 0.25) is 5.91 Å². The lowest BCUT2D eigenvalue weighted by Crippen LogP contribution is -2.44. The van der Waals surface area contributed by atoms with Gasteiger partial charge < -0.3 is 10.3 Å². The van der Waals surface area contributed by atoms with Crippen molar-refractivity contribution in [2.45, 2.75) is 19.4 Å². The van der Waals surface area contributed by atoms with Gasteiger partial charge in [-0.3, -0.25) is 19.7 Å². The molecule has 3 rings (SSSR count). The Balaban J connectivity index is 1.70. The van der Waals surface area contributed by atoms with Gasteiger partial charge in [-0.25, -0.2) is 5.48 Å². The number of hydroxylamine groups is 1. The molecule has 4 N–H and O–H groups in total. The molecule has 1 aliphatic rings. The van der Waals surface area contributed by atoms with Crippen LogP contribution >= 0.6 is 0 Å². The number of carbonyl (C=O) groups excluding carboxylic acids is 2. The highest BCUT2D eigenvalue weighted by Crippen LogP contribution is 2.33. The average molecular weight is 316 g/mol. The number of nitrogens with one attached hydrogen (secondary N) is 3. The number of hydrogen-bond acceptors (Lipinski definition) is 4. The molecule has 0 radical (unpaired) electrons. The molecule has 2 heterocycles. The van der Waals surface area contributed by atoms with Crippen LogP contribution in [0.2, 0.25) is 0 Å². The van der Waals surface area contributed by atoms with Gasteiger partial charge in [-0.1, -0.05) is 18.2 Å². The van der Waals surface area contributed by atoms with E-state index in [2.05, 4.69) is 34.3 Å². The number of para-hydroxylation sites is 1. The zero-order chi connectivity index (χ0) is 16.4. The normalized spacial score (nSPS) is 17.7. The summed E-state index contributed by atoms with van der Waals surface area (Å²) in [4.78, 5) is 28.4. The SMILES string of the molecule is CC1c2[nH]c3ccccc3c2CCN1CC(=O)NCC(=O)NO. The van der Waals surface area contributed by atoms with Crippen LogP contribution in [0.25, 0.3) is 10.9 Å². The second-order valence-electron chi connectivity index (χ2n) is 5.77. The van der Waals surface area contributed by atoms with Gasteiger partial charge in [0, 0.05) is 29.2 Å². The van der Waals surface area contributed by atoms with Gasteiger partial charge >= 0.3 is 0 Å². The monoisotopic (exact) mass is 316 g/mol. The molecule has 7 nitrogen and oxygen atoms in total. The van der Waals surface area contributed by atoms with E-state index in [1.165, 1.54) is 16.4 Å². The smallest absolute Gasteiger partial charge is 0.262 e. The fourth-order valence-corrected chi connectivity index (χ4v) is 3.15. The molecule has 1 aliphatic heterocycles. The maximum absolute atomic E-state index is 11.9. The third-order valence-electron chi connectivity index (χ3n) is 4.38. The first-order chi connectivity index (χ1) is 11.1. The van der Waals surface area contributed by atoms with E-state index in [-0.39, 0.29) is 25.0 Å². The highest BCUT2D eigenvalue weighted by atomic mass is 16.5. The Hall–Kier alpha value is -2.38. The zero-order valence-electron chi connectivity index (χ0n) is 12.9. The summed E-state index contributed by atoms with van der Waals surface area (Å²) in [6.07, 6.45) is 0.883. The van der Waals surface area contributed by atoms with Gasteiger partial charge in [0.15, 0.2) is 0 Å². The summed E-state index contributed by atoms with van der Waals surface area (Å²) in [5.74, 6) is -0.872. The third kappa shape index (κ3) is 3.06. The fourth-order valence-electron chi connectivity index (χ4n) is 3.15. The summed E-state index contributed by atoms with van der Waals surface area (Å²) in [6.45, 7) is 2.85. The molecule has 2 aromatic rings. The number of hydrogen-bond donors (Lipinski definition) is 4. The van der Waals surface area contributed by atoms with Gasteiger partial charge in [-0.2, -0.15) is 0 Å². The van der Waals surface area contributed by atoms with Crippen LogP contribution in [0.1, 0.15) is 24.2 Å². The van der Waals surface area contributed by atoms with Crippen LogP contribution in [0.5, 0.6) is 0 Å². The summed E-state index contributed by atoms with van der Waals surface area (Å²) in [6, 6.07) is 8.32. The Kier molecular flexibility index (Phi) is 4.31. The van der Waals surface area contributed by atoms with E-state index in [0.717, 1.165) is 24.2 Å². The van der Waals surface area contributed by atoms with Gasteiger partial charge in [0.1, 0.15) is 0 Å². The molecular weight excluding hydrogens is 296 g/mol. The molecule has 2 amide bonds. The maximum atomic E-state index is 11.9. The molecule has 23 heavy (non-hydrogen) atoms. The van der Waals surface area contributed by atoms with Crippen molar-refractivity contribution in [2.75, 3.05) is 19.6 Å². The average Bonchev–Trinajstić information content (AvgIpc) is 2.94. The molecule has 1 aromatic heterocycles. The molecule has 0 saturated carbocycles. The van der Waals surface area contributed by atoms with Gasteiger partial charge in [-0.05, 0) is 25.0 Å². The molecule has 1 aromatic carbocycles. The lowest BCUT2D eigenvalue weighted by atomic mass is 9.98. The van der Waals surface area contributed by atoms with Crippen molar-refractivity contribution in [3.05, 3.63) is 35.5 Å². The Morgan fingerprint density at radius 2 is 2.13 bits per heavy atom. The lowest BCUT2D eigenvalue weighted by Gasteiger charge is -2.32. The first kappa shape index (κ1) is 15.5. The molecule has 0 aliphatic carbocycles. The van der Waals surface area contributed by atoms with Crippen LogP contribution < -0.4 is 10.8 Å². The van der Waals surface area contributed by atoms with Crippen molar-refractivity contribution in [3.8, 4) is 0 Å². The summed E-state index contributed by atoms with van der Waals surface area (Å²) in [5, 5.41) is 12.2. The first-order valence-corrected chi connectivity index (χ1v) is 7.63. The number of benzene rings is 1. The summed E-state index contributed by atoms with van der Waals surface area (Å²) >= 11 is 0. The van der Waals surface area contributed by atoms with Crippen molar-refractivity contribution < 1.29 is 14.8 Å². The van der Waals surface area contributed by atoms with Crippen LogP contribution in [-0.2, 0) is 16.0 Å². The van der Waals surface area contributed by atoms with Gasteiger partial charge in [0.25, 0.3) is 5.91 Å². The molecule has 0 fully saturated rings. The molecule has 7 heteroatoms. The number of nitrogens with zero attached hydrogens (tertiary/aromatic N) is 1. The predicted octanol–water partition coefficient (Wildman–Crippen LogP) is 0.709. The van der Waals surface area contributed by atoms with Crippen LogP contribution in [0.4, 0.5) is 0 Å². The molecular formula is C16H20N4O3. The quantitative estimate of drug-likeness (QED) is 0.493. The third-order valence-corrected chi connectivity index (χ3v) is 4.38. The van der Waals surface area contributed by atoms with Crippen molar-refractivity contribution in [3.63, 3.8) is 0 Å². The standard InChI is InChI=1S/C16H20N4O3/c1-10-16-12(11-4-2-3-5-13(11)18-16)6-7-20(10)9-15(22)17-8-14(21)19-23/h2-5,10,18,23H,6-9H2,1H3,(H,17,22)(H,19,21). The second kappa shape index (κ2) is 6.39. The zero-order valence-corrected chi connectivity index (χ0v) is 12.9. The minimum absolute atomic E-state index is 0.101. The van der Waals surface area contributed by atoms with Crippen LogP contribution in [-0.4, -0.2) is 46.5 Å². The van der Waals surface area contributed by atoms with Crippen molar-refractivity contribution >= 4 is 22.7 Å². The first-order valence-electron chi connectivity index (χ1n) is 7.63. The Morgan fingerprint density at radius 1 is 1.35 bits per heavy atom. The topological polar surface area (TPSA) is 97.5 Å². The van der Waals surface area contributed by atoms with E-state index in [9.17, 15) is 9.59 Å². The molecule has 1 atom stereocenters. The largest absolute Gasteiger partial charge is 0.357 e. The highest BCUT2D eigenvalue weighted by molar-refractivity contribution is 5.86. The minimum Gasteiger partial charge on any atom is -0.357 e. The number of fused-ring (bicyclic) bond motifs is 3. The summed E-state index contributed by atoms with van der Waals surface area (Å²) in [7, 11) is 0. The highest BCUT2D eigenvalue weighted by Gasteiger charge is 2.28. The number of rotatable bonds is 4. The van der Waals surface area contributed by atoms with Crippen LogP contribution in [0.15, 0.2) is 24.3 Å². The van der Waals surface area contributed by atoms with Crippen molar-refractivity contribution in [1.82, 2.24) is 20.7 Å². The number of H-pyrrole nitrogens is 1. The van der Waals surface area contributed by atoms with E-state index in [0.29, 0.717) is 0 Å². The lowest BCUT2D eigenvalue weighted by molar-refractivity contribution is -0.131. The maximum Gasteiger partial charge on any atom is 0.262 e. The van der Waals surface area contributed by atoms with Gasteiger partial charge in [-0.15, -0.1) is 0 Å².